The van der Waals surface area contributed by atoms with Crippen molar-refractivity contribution in [2.75, 3.05) is 6.54 Å². The molecule has 0 aliphatic rings. The van der Waals surface area contributed by atoms with Crippen LogP contribution in [0.15, 0.2) is 0 Å². The molecule has 0 aliphatic carbocycles. The van der Waals surface area contributed by atoms with Crippen LogP contribution in [0.1, 0.15) is 20.8 Å². The summed E-state index contributed by atoms with van der Waals surface area (Å²) >= 11 is 0. The summed E-state index contributed by atoms with van der Waals surface area (Å²) < 4.78 is 0. The van der Waals surface area contributed by atoms with Gasteiger partial charge < -0.3 is 5.32 Å². The Balaban J connectivity index is 3.48. The maximum Gasteiger partial charge on any atom is 0.0669 e. The van der Waals surface area contributed by atoms with Crippen molar-refractivity contribution in [3.8, 4) is 6.07 Å². The zero-order valence-corrected chi connectivity index (χ0v) is 6.31. The summed E-state index contributed by atoms with van der Waals surface area (Å²) in [5.41, 5.74) is 0. The van der Waals surface area contributed by atoms with Crippen molar-refractivity contribution in [3.63, 3.8) is 0 Å². The monoisotopic (exact) mass is 126 g/mol. The number of rotatable bonds is 3. The van der Waals surface area contributed by atoms with Gasteiger partial charge in [0.05, 0.1) is 12.0 Å². The molecule has 0 aliphatic heterocycles. The highest BCUT2D eigenvalue weighted by molar-refractivity contribution is 4.85. The summed E-state index contributed by atoms with van der Waals surface area (Å²) in [7, 11) is 0. The van der Waals surface area contributed by atoms with Crippen LogP contribution in [0.2, 0.25) is 0 Å². The van der Waals surface area contributed by atoms with Crippen LogP contribution in [0.5, 0.6) is 0 Å². The van der Waals surface area contributed by atoms with Crippen molar-refractivity contribution in [2.24, 2.45) is 5.92 Å². The molecule has 52 valence electrons. The van der Waals surface area contributed by atoms with Gasteiger partial charge in [-0.1, -0.05) is 6.92 Å². The third-order valence-electron chi connectivity index (χ3n) is 1.48. The van der Waals surface area contributed by atoms with E-state index in [4.69, 9.17) is 5.26 Å². The lowest BCUT2D eigenvalue weighted by atomic mass is 10.1. The smallest absolute Gasteiger partial charge is 0.0669 e. The van der Waals surface area contributed by atoms with Gasteiger partial charge in [-0.25, -0.2) is 0 Å². The molecule has 0 aromatic carbocycles. The van der Waals surface area contributed by atoms with Crippen LogP contribution < -0.4 is 5.32 Å². The van der Waals surface area contributed by atoms with Crippen molar-refractivity contribution < 1.29 is 0 Å². The van der Waals surface area contributed by atoms with Crippen molar-refractivity contribution in [2.45, 2.75) is 26.8 Å². The SMILES string of the molecule is CCNC(C)[C@H](C)C#N. The van der Waals surface area contributed by atoms with E-state index in [1.54, 1.807) is 0 Å². The van der Waals surface area contributed by atoms with Gasteiger partial charge >= 0.3 is 0 Å². The second-order valence-electron chi connectivity index (χ2n) is 2.26. The van der Waals surface area contributed by atoms with E-state index in [-0.39, 0.29) is 5.92 Å². The van der Waals surface area contributed by atoms with Gasteiger partial charge in [0.15, 0.2) is 0 Å². The van der Waals surface area contributed by atoms with E-state index >= 15 is 0 Å². The van der Waals surface area contributed by atoms with Crippen LogP contribution in [0.4, 0.5) is 0 Å². The Hall–Kier alpha value is -0.550. The first-order valence-corrected chi connectivity index (χ1v) is 3.35. The molecule has 0 aromatic rings. The van der Waals surface area contributed by atoms with E-state index in [9.17, 15) is 0 Å². The summed E-state index contributed by atoms with van der Waals surface area (Å²) in [6, 6.07) is 2.51. The minimum atomic E-state index is 0.116. The van der Waals surface area contributed by atoms with Gasteiger partial charge in [-0.2, -0.15) is 5.26 Å². The maximum atomic E-state index is 8.44. The molecule has 0 saturated heterocycles. The molecule has 2 atom stereocenters. The second kappa shape index (κ2) is 4.34. The Kier molecular flexibility index (Phi) is 4.08. The number of nitrogens with one attached hydrogen (secondary N) is 1. The Morgan fingerprint density at radius 2 is 2.11 bits per heavy atom. The van der Waals surface area contributed by atoms with Gasteiger partial charge in [0.2, 0.25) is 0 Å². The van der Waals surface area contributed by atoms with E-state index in [1.807, 2.05) is 20.8 Å². The van der Waals surface area contributed by atoms with E-state index in [0.717, 1.165) is 6.54 Å². The Labute approximate surface area is 56.9 Å². The highest BCUT2D eigenvalue weighted by Gasteiger charge is 2.07. The minimum absolute atomic E-state index is 0.116. The molecule has 0 heterocycles. The summed E-state index contributed by atoms with van der Waals surface area (Å²) in [6.45, 7) is 6.93. The number of hydrogen-bond donors (Lipinski definition) is 1. The summed E-state index contributed by atoms with van der Waals surface area (Å²) in [5.74, 6) is 0.116. The first-order valence-electron chi connectivity index (χ1n) is 3.35. The predicted molar refractivity (Wildman–Crippen MR) is 37.9 cm³/mol. The van der Waals surface area contributed by atoms with Crippen LogP contribution in [0.3, 0.4) is 0 Å². The van der Waals surface area contributed by atoms with Crippen LogP contribution in [0, 0.1) is 17.2 Å². The van der Waals surface area contributed by atoms with Crippen molar-refractivity contribution >= 4 is 0 Å². The molecule has 0 radical (unpaired) electrons. The van der Waals surface area contributed by atoms with Gasteiger partial charge in [-0.15, -0.1) is 0 Å². The quantitative estimate of drug-likeness (QED) is 0.615. The van der Waals surface area contributed by atoms with Gasteiger partial charge in [0, 0.05) is 6.04 Å². The van der Waals surface area contributed by atoms with Gasteiger partial charge in [0.1, 0.15) is 0 Å². The fraction of sp³-hybridized carbons (Fsp3) is 0.857. The van der Waals surface area contributed by atoms with Gasteiger partial charge in [-0.05, 0) is 20.4 Å². The first-order chi connectivity index (χ1) is 4.22. The molecular weight excluding hydrogens is 112 g/mol. The summed E-state index contributed by atoms with van der Waals surface area (Å²) in [6.07, 6.45) is 0. The molecule has 0 saturated carbocycles. The minimum Gasteiger partial charge on any atom is -0.313 e. The number of nitriles is 1. The molecular formula is C7H14N2. The second-order valence-corrected chi connectivity index (χ2v) is 2.26. The summed E-state index contributed by atoms with van der Waals surface area (Å²) in [5, 5.41) is 11.6. The normalized spacial score (nSPS) is 16.2. The molecule has 0 aromatic heterocycles. The third kappa shape index (κ3) is 3.10. The first kappa shape index (κ1) is 8.45. The highest BCUT2D eigenvalue weighted by Crippen LogP contribution is 1.98. The third-order valence-corrected chi connectivity index (χ3v) is 1.48. The molecule has 1 N–H and O–H groups in total. The Bertz CT molecular complexity index is 104. The average Bonchev–Trinajstić information content (AvgIpc) is 1.87. The van der Waals surface area contributed by atoms with Crippen molar-refractivity contribution in [1.29, 1.82) is 5.26 Å². The fourth-order valence-electron chi connectivity index (χ4n) is 0.611. The van der Waals surface area contributed by atoms with Crippen LogP contribution >= 0.6 is 0 Å². The topological polar surface area (TPSA) is 35.8 Å². The molecule has 0 bridgehead atoms. The van der Waals surface area contributed by atoms with Crippen LogP contribution in [-0.2, 0) is 0 Å². The van der Waals surface area contributed by atoms with E-state index in [1.165, 1.54) is 0 Å². The molecule has 1 unspecified atom stereocenters. The maximum absolute atomic E-state index is 8.44. The molecule has 2 heteroatoms. The lowest BCUT2D eigenvalue weighted by Gasteiger charge is -2.12. The van der Waals surface area contributed by atoms with Crippen LogP contribution in [0.25, 0.3) is 0 Å². The molecule has 0 rings (SSSR count). The number of hydrogen-bond acceptors (Lipinski definition) is 2. The lowest BCUT2D eigenvalue weighted by molar-refractivity contribution is 0.480. The average molecular weight is 126 g/mol. The predicted octanol–water partition coefficient (Wildman–Crippen LogP) is 1.14. The molecule has 0 amide bonds. The standard InChI is InChI=1S/C7H14N2/c1-4-9-7(3)6(2)5-8/h6-7,9H,4H2,1-3H3/t6-,7?/m1/s1. The fourth-order valence-corrected chi connectivity index (χ4v) is 0.611. The molecule has 9 heavy (non-hydrogen) atoms. The lowest BCUT2D eigenvalue weighted by Crippen LogP contribution is -2.30. The zero-order chi connectivity index (χ0) is 7.28. The van der Waals surface area contributed by atoms with Gasteiger partial charge in [-0.3, -0.25) is 0 Å². The van der Waals surface area contributed by atoms with Crippen molar-refractivity contribution in [1.82, 2.24) is 5.32 Å². The highest BCUT2D eigenvalue weighted by atomic mass is 14.9. The molecule has 2 nitrogen and oxygen atoms in total. The van der Waals surface area contributed by atoms with E-state index in [0.29, 0.717) is 6.04 Å². The molecule has 0 fully saturated rings. The van der Waals surface area contributed by atoms with Crippen molar-refractivity contribution in [3.05, 3.63) is 0 Å². The summed E-state index contributed by atoms with van der Waals surface area (Å²) in [4.78, 5) is 0. The number of nitrogens with zero attached hydrogens (tertiary/aromatic N) is 1. The molecule has 0 spiro atoms. The van der Waals surface area contributed by atoms with Crippen LogP contribution in [-0.4, -0.2) is 12.6 Å². The zero-order valence-electron chi connectivity index (χ0n) is 6.31. The largest absolute Gasteiger partial charge is 0.313 e. The van der Waals surface area contributed by atoms with E-state index in [2.05, 4.69) is 11.4 Å². The Morgan fingerprint density at radius 3 is 2.44 bits per heavy atom. The van der Waals surface area contributed by atoms with E-state index < -0.39 is 0 Å². The Morgan fingerprint density at radius 1 is 1.56 bits per heavy atom. The van der Waals surface area contributed by atoms with Gasteiger partial charge in [0.25, 0.3) is 0 Å².